The molecule has 7 atom stereocenters. The fourth-order valence-electron chi connectivity index (χ4n) is 1.95. The molecule has 0 aliphatic carbocycles. The van der Waals surface area contributed by atoms with E-state index in [1.165, 1.54) is 32.0 Å². The molecule has 0 fully saturated rings. The van der Waals surface area contributed by atoms with Gasteiger partial charge >= 0.3 is 0 Å². The van der Waals surface area contributed by atoms with Crippen LogP contribution in [0.1, 0.15) is 0 Å². The molecule has 1 nitrogen and oxygen atoms in total. The standard InChI is InChI=1S/C10H16NP7/c11-3-4(12)1-2(5(13)8(3)16)7(15)10(18)9(17)6(1)14/h11-18H2. The van der Waals surface area contributed by atoms with Crippen LogP contribution in [0.5, 0.6) is 0 Å². The molecule has 0 heterocycles. The van der Waals surface area contributed by atoms with Crippen LogP contribution >= 0.6 is 64.7 Å². The zero-order chi connectivity index (χ0) is 13.8. The fourth-order valence-corrected chi connectivity index (χ4v) is 5.50. The van der Waals surface area contributed by atoms with Crippen LogP contribution in [0.3, 0.4) is 0 Å². The van der Waals surface area contributed by atoms with Gasteiger partial charge in [-0.15, -0.1) is 64.7 Å². The second-order valence-electron chi connectivity index (χ2n) is 4.06. The molecule has 7 unspecified atom stereocenters. The highest BCUT2D eigenvalue weighted by atomic mass is 31.0. The maximum Gasteiger partial charge on any atom is 0.0472 e. The second kappa shape index (κ2) is 5.72. The Morgan fingerprint density at radius 1 is 0.444 bits per heavy atom. The number of hydrogen-bond donors (Lipinski definition) is 1. The van der Waals surface area contributed by atoms with E-state index in [1.54, 1.807) is 0 Å². The average molecular weight is 367 g/mol. The summed E-state index contributed by atoms with van der Waals surface area (Å²) in [5, 5.41) is 10.4. The molecule has 18 heavy (non-hydrogen) atoms. The summed E-state index contributed by atoms with van der Waals surface area (Å²) < 4.78 is 0. The van der Waals surface area contributed by atoms with E-state index in [-0.39, 0.29) is 0 Å². The number of nitrogen functional groups attached to an aromatic ring is 1. The first-order valence-corrected chi connectivity index (χ1v) is 9.10. The lowest BCUT2D eigenvalue weighted by molar-refractivity contribution is 1.94. The Hall–Kier alpha value is 1.51. The van der Waals surface area contributed by atoms with Crippen LogP contribution < -0.4 is 42.9 Å². The number of benzene rings is 2. The van der Waals surface area contributed by atoms with Crippen molar-refractivity contribution in [3.8, 4) is 0 Å². The van der Waals surface area contributed by atoms with E-state index in [9.17, 15) is 0 Å². The fraction of sp³-hybridized carbons (Fsp3) is 0. The molecule has 0 aromatic heterocycles. The van der Waals surface area contributed by atoms with E-state index in [1.807, 2.05) is 0 Å². The normalized spacial score (nSPS) is 11.3. The van der Waals surface area contributed by atoms with Gasteiger partial charge in [-0.25, -0.2) is 0 Å². The summed E-state index contributed by atoms with van der Waals surface area (Å²) >= 11 is 0. The molecule has 2 N–H and O–H groups in total. The summed E-state index contributed by atoms with van der Waals surface area (Å²) in [5.74, 6) is 0. The molecule has 0 spiro atoms. The topological polar surface area (TPSA) is 26.0 Å². The highest BCUT2D eigenvalue weighted by Gasteiger charge is 2.17. The summed E-state index contributed by atoms with van der Waals surface area (Å²) in [5.41, 5.74) is 6.99. The lowest BCUT2D eigenvalue weighted by Crippen LogP contribution is -2.39. The molecule has 0 bridgehead atoms. The minimum Gasteiger partial charge on any atom is -0.398 e. The Balaban J connectivity index is 3.22. The van der Waals surface area contributed by atoms with Crippen molar-refractivity contribution < 1.29 is 0 Å². The van der Waals surface area contributed by atoms with Crippen molar-refractivity contribution >= 4 is 118 Å². The van der Waals surface area contributed by atoms with Crippen LogP contribution in [0.25, 0.3) is 10.8 Å². The molecule has 2 rings (SSSR count). The second-order valence-corrected chi connectivity index (χ2v) is 8.10. The summed E-state index contributed by atoms with van der Waals surface area (Å²) in [4.78, 5) is 0. The van der Waals surface area contributed by atoms with Crippen LogP contribution in [0.2, 0.25) is 0 Å². The van der Waals surface area contributed by atoms with Gasteiger partial charge in [-0.1, -0.05) is 0 Å². The highest BCUT2D eigenvalue weighted by molar-refractivity contribution is 7.45. The van der Waals surface area contributed by atoms with Gasteiger partial charge in [-0.05, 0) is 37.3 Å². The number of hydrogen-bond acceptors (Lipinski definition) is 1. The smallest absolute Gasteiger partial charge is 0.0472 e. The summed E-state index contributed by atoms with van der Waals surface area (Å²) in [6.07, 6.45) is 0. The van der Waals surface area contributed by atoms with Crippen LogP contribution in [-0.4, -0.2) is 0 Å². The van der Waals surface area contributed by atoms with Crippen molar-refractivity contribution in [1.29, 1.82) is 0 Å². The Kier molecular flexibility index (Phi) is 5.05. The number of anilines is 1. The molecule has 96 valence electrons. The predicted molar refractivity (Wildman–Crippen MR) is 114 cm³/mol. The third-order valence-corrected chi connectivity index (χ3v) is 8.67. The molecular formula is C10H16NP7. The minimum absolute atomic E-state index is 0.816. The van der Waals surface area contributed by atoms with Crippen molar-refractivity contribution in [1.82, 2.24) is 0 Å². The third kappa shape index (κ3) is 2.30. The van der Waals surface area contributed by atoms with E-state index >= 15 is 0 Å². The first-order valence-electron chi connectivity index (χ1n) is 5.06. The molecule has 0 amide bonds. The summed E-state index contributed by atoms with van der Waals surface area (Å²) in [6, 6.07) is 0. The monoisotopic (exact) mass is 367 g/mol. The van der Waals surface area contributed by atoms with Crippen molar-refractivity contribution in [3.05, 3.63) is 0 Å². The van der Waals surface area contributed by atoms with Gasteiger partial charge in [0, 0.05) is 16.3 Å². The van der Waals surface area contributed by atoms with E-state index in [0.29, 0.717) is 0 Å². The zero-order valence-corrected chi connectivity index (χ0v) is 17.7. The van der Waals surface area contributed by atoms with Crippen molar-refractivity contribution in [2.24, 2.45) is 0 Å². The lowest BCUT2D eigenvalue weighted by atomic mass is 10.1. The Bertz CT molecular complexity index is 567. The number of fused-ring (bicyclic) bond motifs is 1. The largest absolute Gasteiger partial charge is 0.398 e. The SMILES string of the molecule is Nc1c(P)c(P)c2c(P)c(P)c(P)c(P)c2c1P. The van der Waals surface area contributed by atoms with Gasteiger partial charge in [0.25, 0.3) is 0 Å². The maximum atomic E-state index is 6.17. The molecular weight excluding hydrogens is 351 g/mol. The summed E-state index contributed by atoms with van der Waals surface area (Å²) in [7, 11) is 19.6. The minimum atomic E-state index is 0.816. The van der Waals surface area contributed by atoms with Gasteiger partial charge in [0.05, 0.1) is 0 Å². The molecule has 0 saturated heterocycles. The van der Waals surface area contributed by atoms with Crippen molar-refractivity contribution in [2.45, 2.75) is 0 Å². The Morgan fingerprint density at radius 2 is 0.778 bits per heavy atom. The molecule has 0 aliphatic heterocycles. The molecule has 2 aromatic rings. The maximum absolute atomic E-state index is 6.17. The van der Waals surface area contributed by atoms with Gasteiger partial charge in [0.1, 0.15) is 0 Å². The van der Waals surface area contributed by atoms with Crippen LogP contribution in [0.15, 0.2) is 0 Å². The van der Waals surface area contributed by atoms with Crippen LogP contribution in [0, 0.1) is 0 Å². The van der Waals surface area contributed by atoms with E-state index < -0.39 is 0 Å². The third-order valence-electron chi connectivity index (χ3n) is 3.07. The van der Waals surface area contributed by atoms with Crippen LogP contribution in [0.4, 0.5) is 5.69 Å². The Morgan fingerprint density at radius 3 is 1.22 bits per heavy atom. The first-order chi connectivity index (χ1) is 8.29. The van der Waals surface area contributed by atoms with Crippen molar-refractivity contribution in [2.75, 3.05) is 5.73 Å². The zero-order valence-electron chi connectivity index (χ0n) is 9.62. The number of nitrogens with two attached hydrogens (primary N) is 1. The molecule has 2 aromatic carbocycles. The first kappa shape index (κ1) is 15.9. The van der Waals surface area contributed by atoms with Gasteiger partial charge < -0.3 is 5.73 Å². The van der Waals surface area contributed by atoms with Crippen molar-refractivity contribution in [3.63, 3.8) is 0 Å². The van der Waals surface area contributed by atoms with Gasteiger partial charge in [0.2, 0.25) is 0 Å². The lowest BCUT2D eigenvalue weighted by Gasteiger charge is -2.20. The van der Waals surface area contributed by atoms with Crippen LogP contribution in [-0.2, 0) is 0 Å². The average Bonchev–Trinajstić information content (AvgIpc) is 2.35. The van der Waals surface area contributed by atoms with E-state index in [4.69, 9.17) is 5.73 Å². The van der Waals surface area contributed by atoms with Gasteiger partial charge in [0.15, 0.2) is 0 Å². The predicted octanol–water partition coefficient (Wildman–Crippen LogP) is -1.08. The molecule has 0 radical (unpaired) electrons. The molecule has 0 aliphatic rings. The Labute approximate surface area is 124 Å². The summed E-state index contributed by atoms with van der Waals surface area (Å²) in [6.45, 7) is 0. The van der Waals surface area contributed by atoms with Gasteiger partial charge in [-0.3, -0.25) is 0 Å². The quantitative estimate of drug-likeness (QED) is 0.466. The highest BCUT2D eigenvalue weighted by Crippen LogP contribution is 2.19. The molecule has 0 saturated carbocycles. The molecule has 8 heteroatoms. The van der Waals surface area contributed by atoms with E-state index in [2.05, 4.69) is 64.7 Å². The van der Waals surface area contributed by atoms with Gasteiger partial charge in [-0.2, -0.15) is 0 Å². The number of rotatable bonds is 0. The van der Waals surface area contributed by atoms with E-state index in [0.717, 1.165) is 21.6 Å².